The van der Waals surface area contributed by atoms with Crippen molar-refractivity contribution in [3.05, 3.63) is 92.0 Å². The summed E-state index contributed by atoms with van der Waals surface area (Å²) in [5.41, 5.74) is 4.27. The van der Waals surface area contributed by atoms with Crippen molar-refractivity contribution in [3.63, 3.8) is 0 Å². The second kappa shape index (κ2) is 15.1. The van der Waals surface area contributed by atoms with E-state index < -0.39 is 12.1 Å². The van der Waals surface area contributed by atoms with Crippen molar-refractivity contribution in [2.75, 3.05) is 13.7 Å². The number of carbonyl (C=O) groups excluding carboxylic acids is 2. The van der Waals surface area contributed by atoms with Crippen LogP contribution >= 0.6 is 22.9 Å². The van der Waals surface area contributed by atoms with Crippen LogP contribution in [0, 0.1) is 18.8 Å². The number of hydrogen-bond donors (Lipinski definition) is 2. The van der Waals surface area contributed by atoms with E-state index in [1.807, 2.05) is 56.4 Å². The molecule has 2 fully saturated rings. The van der Waals surface area contributed by atoms with Crippen molar-refractivity contribution in [1.29, 1.82) is 0 Å². The van der Waals surface area contributed by atoms with Gasteiger partial charge in [0.1, 0.15) is 29.5 Å². The molecule has 8 nitrogen and oxygen atoms in total. The number of nitrogens with one attached hydrogen (secondary N) is 2. The van der Waals surface area contributed by atoms with E-state index in [1.165, 1.54) is 29.7 Å². The highest BCUT2D eigenvalue weighted by atomic mass is 35.5. The number of allylic oxidation sites excluding steroid dienone is 1. The topological polar surface area (TPSA) is 96.5 Å². The van der Waals surface area contributed by atoms with Crippen LogP contribution in [0.2, 0.25) is 5.02 Å². The minimum Gasteiger partial charge on any atom is -0.484 e. The van der Waals surface area contributed by atoms with Gasteiger partial charge in [0.15, 0.2) is 0 Å². The molecule has 52 heavy (non-hydrogen) atoms. The van der Waals surface area contributed by atoms with Crippen LogP contribution in [0.4, 0.5) is 9.18 Å². The number of benzene rings is 2. The molecule has 2 aromatic carbocycles. The molecular formula is C41H46ClFN4O4S. The van der Waals surface area contributed by atoms with Gasteiger partial charge in [-0.05, 0) is 98.8 Å². The van der Waals surface area contributed by atoms with Crippen molar-refractivity contribution in [2.45, 2.75) is 90.3 Å². The van der Waals surface area contributed by atoms with Crippen molar-refractivity contribution < 1.29 is 23.5 Å². The molecule has 11 heteroatoms. The molecule has 1 saturated carbocycles. The van der Waals surface area contributed by atoms with Gasteiger partial charge in [0.25, 0.3) is 0 Å². The zero-order chi connectivity index (χ0) is 36.7. The lowest BCUT2D eigenvalue weighted by Gasteiger charge is -2.30. The highest BCUT2D eigenvalue weighted by molar-refractivity contribution is 7.12. The van der Waals surface area contributed by atoms with Gasteiger partial charge in [-0.25, -0.2) is 14.2 Å². The number of aromatic nitrogens is 2. The van der Waals surface area contributed by atoms with Crippen LogP contribution in [-0.2, 0) is 9.53 Å². The number of aryl methyl sites for hydroxylation is 1. The number of carbonyl (C=O) groups is 2. The number of halogens is 2. The normalized spacial score (nSPS) is 21.7. The summed E-state index contributed by atoms with van der Waals surface area (Å²) < 4.78 is 28.6. The van der Waals surface area contributed by atoms with Crippen LogP contribution in [0.1, 0.15) is 110 Å². The number of nitrogens with zero attached hydrogens (tertiary/aromatic N) is 2. The van der Waals surface area contributed by atoms with Gasteiger partial charge in [-0.1, -0.05) is 50.6 Å². The zero-order valence-electron chi connectivity index (χ0n) is 30.3. The maximum Gasteiger partial charge on any atom is 0.407 e. The fraction of sp³-hybridized carbons (Fsp3) is 0.439. The Bertz CT molecular complexity index is 2000. The van der Waals surface area contributed by atoms with Gasteiger partial charge in [-0.3, -0.25) is 4.79 Å². The number of rotatable bonds is 9. The van der Waals surface area contributed by atoms with Gasteiger partial charge in [-0.2, -0.15) is 0 Å². The molecule has 2 aliphatic heterocycles. The molecule has 1 aliphatic carbocycles. The highest BCUT2D eigenvalue weighted by Crippen LogP contribution is 2.51. The van der Waals surface area contributed by atoms with E-state index in [2.05, 4.69) is 29.4 Å². The minimum atomic E-state index is -0.717. The summed E-state index contributed by atoms with van der Waals surface area (Å²) in [6.07, 6.45) is 6.28. The predicted octanol–water partition coefficient (Wildman–Crippen LogP) is 10.4. The van der Waals surface area contributed by atoms with E-state index in [9.17, 15) is 9.59 Å². The van der Waals surface area contributed by atoms with Gasteiger partial charge in [0, 0.05) is 43.9 Å². The molecule has 0 radical (unpaired) electrons. The van der Waals surface area contributed by atoms with Gasteiger partial charge >= 0.3 is 6.09 Å². The lowest BCUT2D eigenvalue weighted by Crippen LogP contribution is -2.51. The van der Waals surface area contributed by atoms with Crippen molar-refractivity contribution in [3.8, 4) is 17.0 Å². The third-order valence-electron chi connectivity index (χ3n) is 10.7. The number of thiophene rings is 1. The van der Waals surface area contributed by atoms with Gasteiger partial charge in [0.05, 0.1) is 25.0 Å². The third kappa shape index (κ3) is 7.24. The first-order valence-corrected chi connectivity index (χ1v) is 19.5. The van der Waals surface area contributed by atoms with Gasteiger partial charge in [0.2, 0.25) is 5.91 Å². The standard InChI is InChI=1S/C41H46ClFN4O4S/c1-6-24-18-30(36(43)29-20-27(42)13-9-23(29)4)28-14-12-26(19-33(28)51-38(24)35-16-15-34(52-35)25-10-11-25)31-21-44-39(45-31)32-8-7-17-47(32)40(48)37(22(2)3)46-41(49)50-5/h9,12-16,19-22,24-25,32,37-38H,6-8,10-11,17-18H2,1-5H3,(H,44,45)(H,46,49). The van der Waals surface area contributed by atoms with Crippen LogP contribution in [-0.4, -0.2) is 46.6 Å². The van der Waals surface area contributed by atoms with Crippen LogP contribution in [0.5, 0.6) is 5.75 Å². The lowest BCUT2D eigenvalue weighted by molar-refractivity contribution is -0.135. The summed E-state index contributed by atoms with van der Waals surface area (Å²) in [5.74, 6) is 1.42. The van der Waals surface area contributed by atoms with Gasteiger partial charge < -0.3 is 24.7 Å². The van der Waals surface area contributed by atoms with Gasteiger partial charge in [-0.15, -0.1) is 11.3 Å². The first-order valence-electron chi connectivity index (χ1n) is 18.3. The fourth-order valence-electron chi connectivity index (χ4n) is 7.55. The average Bonchev–Trinajstić information content (AvgIpc) is 3.48. The largest absolute Gasteiger partial charge is 0.484 e. The molecule has 4 unspecified atom stereocenters. The molecule has 7 rings (SSSR count). The summed E-state index contributed by atoms with van der Waals surface area (Å²) in [5, 5.41) is 3.20. The molecule has 3 aliphatic rings. The highest BCUT2D eigenvalue weighted by Gasteiger charge is 2.38. The molecule has 4 atom stereocenters. The molecule has 2 amide bonds. The van der Waals surface area contributed by atoms with E-state index in [0.29, 0.717) is 46.6 Å². The number of fused-ring (bicyclic) bond motifs is 1. The molecule has 1 saturated heterocycles. The molecular weight excluding hydrogens is 699 g/mol. The number of alkyl carbamates (subject to hydrolysis) is 1. The first-order chi connectivity index (χ1) is 25.1. The lowest BCUT2D eigenvalue weighted by atomic mass is 9.87. The third-order valence-corrected chi connectivity index (χ3v) is 12.3. The quantitative estimate of drug-likeness (QED) is 0.178. The molecule has 0 spiro atoms. The maximum atomic E-state index is 16.9. The second-order valence-corrected chi connectivity index (χ2v) is 16.2. The Labute approximate surface area is 313 Å². The number of hydrogen-bond acceptors (Lipinski definition) is 6. The summed E-state index contributed by atoms with van der Waals surface area (Å²) in [4.78, 5) is 38.4. The van der Waals surface area contributed by atoms with Crippen LogP contribution in [0.3, 0.4) is 0 Å². The molecule has 274 valence electrons. The monoisotopic (exact) mass is 744 g/mol. The van der Waals surface area contributed by atoms with E-state index in [4.69, 9.17) is 26.1 Å². The number of imidazole rings is 1. The van der Waals surface area contributed by atoms with E-state index in [0.717, 1.165) is 41.6 Å². The Morgan fingerprint density at radius 2 is 1.92 bits per heavy atom. The second-order valence-electron chi connectivity index (χ2n) is 14.6. The summed E-state index contributed by atoms with van der Waals surface area (Å²) in [6.45, 7) is 8.42. The molecule has 0 bridgehead atoms. The molecule has 2 aromatic heterocycles. The Balaban J connectivity index is 1.25. The number of H-pyrrole nitrogens is 1. The van der Waals surface area contributed by atoms with Crippen molar-refractivity contribution in [2.24, 2.45) is 11.8 Å². The summed E-state index contributed by atoms with van der Waals surface area (Å²) in [6, 6.07) is 14.7. The van der Waals surface area contributed by atoms with Crippen molar-refractivity contribution in [1.82, 2.24) is 20.2 Å². The predicted molar refractivity (Wildman–Crippen MR) is 204 cm³/mol. The maximum absolute atomic E-state index is 16.9. The molecule has 2 N–H and O–H groups in total. The zero-order valence-corrected chi connectivity index (χ0v) is 31.9. The Hall–Kier alpha value is -4.15. The van der Waals surface area contributed by atoms with Crippen LogP contribution in [0.15, 0.2) is 54.7 Å². The van der Waals surface area contributed by atoms with E-state index in [1.54, 1.807) is 23.2 Å². The number of likely N-dealkylation sites (tertiary alicyclic amines) is 1. The number of methoxy groups -OCH3 is 1. The number of aromatic amines is 1. The Morgan fingerprint density at radius 1 is 1.13 bits per heavy atom. The molecule has 4 heterocycles. The Kier molecular flexibility index (Phi) is 10.5. The average molecular weight is 745 g/mol. The first kappa shape index (κ1) is 36.2. The minimum absolute atomic E-state index is 0.0507. The SMILES string of the molecule is CCC1CC(=C(F)c2cc(Cl)ccc2C)c2ccc(-c3cnc(C4CCCN4C(=O)C(NC(=O)OC)C(C)C)[nH]3)cc2OC1c1ccc(C2CC2)s1. The van der Waals surface area contributed by atoms with Crippen LogP contribution < -0.4 is 10.1 Å². The summed E-state index contributed by atoms with van der Waals surface area (Å²) in [7, 11) is 1.29. The van der Waals surface area contributed by atoms with E-state index in [-0.39, 0.29) is 35.7 Å². The summed E-state index contributed by atoms with van der Waals surface area (Å²) >= 11 is 8.20. The van der Waals surface area contributed by atoms with Crippen molar-refractivity contribution >= 4 is 46.3 Å². The van der Waals surface area contributed by atoms with E-state index >= 15 is 4.39 Å². The Morgan fingerprint density at radius 3 is 2.65 bits per heavy atom. The number of ether oxygens (including phenoxy) is 2. The van der Waals surface area contributed by atoms with Crippen LogP contribution in [0.25, 0.3) is 22.7 Å². The fourth-order valence-corrected chi connectivity index (χ4v) is 9.03. The molecule has 4 aromatic rings. The number of amides is 2. The smallest absolute Gasteiger partial charge is 0.407 e.